The molecule has 1 aliphatic carbocycles. The Hall–Kier alpha value is -2.61. The first-order valence-electron chi connectivity index (χ1n) is 12.8. The van der Waals surface area contributed by atoms with E-state index in [4.69, 9.17) is 4.74 Å². The number of carbonyl (C=O) groups excluding carboxylic acids is 3. The molecule has 2 rings (SSSR count). The van der Waals surface area contributed by atoms with Crippen molar-refractivity contribution in [1.29, 1.82) is 0 Å². The minimum Gasteiger partial charge on any atom is -0.444 e. The van der Waals surface area contributed by atoms with Crippen LogP contribution in [0.3, 0.4) is 0 Å². The lowest BCUT2D eigenvalue weighted by atomic mass is 9.93. The van der Waals surface area contributed by atoms with Crippen LogP contribution in [-0.2, 0) is 14.3 Å². The second-order valence-electron chi connectivity index (χ2n) is 10.5. The van der Waals surface area contributed by atoms with Crippen LogP contribution in [0, 0.1) is 6.92 Å². The highest BCUT2D eigenvalue weighted by molar-refractivity contribution is 5.92. The van der Waals surface area contributed by atoms with Crippen molar-refractivity contribution in [2.75, 3.05) is 6.61 Å². The summed E-state index contributed by atoms with van der Waals surface area (Å²) < 4.78 is 5.29. The van der Waals surface area contributed by atoms with Crippen molar-refractivity contribution < 1.29 is 24.2 Å². The molecule has 0 radical (unpaired) electrons. The fraction of sp³-hybridized carbons (Fsp3) is 0.667. The smallest absolute Gasteiger partial charge is 0.408 e. The van der Waals surface area contributed by atoms with Crippen LogP contribution in [0.2, 0.25) is 0 Å². The molecular formula is C27H43N3O5. The molecule has 3 N–H and O–H groups in total. The van der Waals surface area contributed by atoms with E-state index in [9.17, 15) is 19.5 Å². The number of carbonyl (C=O) groups is 3. The van der Waals surface area contributed by atoms with Crippen LogP contribution >= 0.6 is 0 Å². The van der Waals surface area contributed by atoms with Crippen LogP contribution < -0.4 is 10.6 Å². The Morgan fingerprint density at radius 2 is 1.77 bits per heavy atom. The van der Waals surface area contributed by atoms with Gasteiger partial charge < -0.3 is 25.4 Å². The number of hydrogen-bond acceptors (Lipinski definition) is 5. The maximum atomic E-state index is 13.8. The van der Waals surface area contributed by atoms with E-state index >= 15 is 0 Å². The first kappa shape index (κ1) is 28.6. The van der Waals surface area contributed by atoms with Crippen LogP contribution in [0.25, 0.3) is 0 Å². The molecule has 0 bridgehead atoms. The van der Waals surface area contributed by atoms with Crippen molar-refractivity contribution in [1.82, 2.24) is 15.5 Å². The third kappa shape index (κ3) is 8.23. The standard InChI is InChI=1S/C27H43N3O5/c1-7-19(3)30(25(33)22(17-31)29-26(34)35-27(4,5)6)23(21-16-12-11-13-18(21)2)24(32)28-20-14-9-8-10-15-20/h11-13,16,19-20,22-23,31H,7-10,14-15,17H2,1-6H3,(H,28,32)(H,29,34). The second kappa shape index (κ2) is 12.9. The average Bonchev–Trinajstić information content (AvgIpc) is 2.80. The lowest BCUT2D eigenvalue weighted by Crippen LogP contribution is -2.57. The zero-order valence-electron chi connectivity index (χ0n) is 22.1. The quantitative estimate of drug-likeness (QED) is 0.486. The minimum atomic E-state index is -1.24. The van der Waals surface area contributed by atoms with Gasteiger partial charge in [0.25, 0.3) is 0 Å². The molecule has 1 aliphatic rings. The number of rotatable bonds is 9. The molecule has 8 heteroatoms. The van der Waals surface area contributed by atoms with Crippen LogP contribution in [0.5, 0.6) is 0 Å². The molecule has 0 heterocycles. The maximum absolute atomic E-state index is 13.8. The topological polar surface area (TPSA) is 108 Å². The minimum absolute atomic E-state index is 0.0742. The van der Waals surface area contributed by atoms with Crippen molar-refractivity contribution >= 4 is 17.9 Å². The largest absolute Gasteiger partial charge is 0.444 e. The van der Waals surface area contributed by atoms with E-state index in [1.165, 1.54) is 11.3 Å². The molecule has 1 saturated carbocycles. The highest BCUT2D eigenvalue weighted by Gasteiger charge is 2.39. The van der Waals surface area contributed by atoms with E-state index in [2.05, 4.69) is 10.6 Å². The molecule has 1 fully saturated rings. The number of hydrogen-bond donors (Lipinski definition) is 3. The molecule has 3 amide bonds. The number of alkyl carbamates (subject to hydrolysis) is 1. The van der Waals surface area contributed by atoms with Gasteiger partial charge in [0.1, 0.15) is 17.7 Å². The second-order valence-corrected chi connectivity index (χ2v) is 10.5. The predicted octanol–water partition coefficient (Wildman–Crippen LogP) is 4.00. The SMILES string of the molecule is CCC(C)N(C(=O)C(CO)NC(=O)OC(C)(C)C)C(C(=O)NC1CCCCC1)c1ccccc1C. The van der Waals surface area contributed by atoms with Crippen molar-refractivity contribution in [3.8, 4) is 0 Å². The number of ether oxygens (including phenoxy) is 1. The number of amides is 3. The fourth-order valence-electron chi connectivity index (χ4n) is 4.45. The molecule has 1 aromatic carbocycles. The molecule has 0 aliphatic heterocycles. The van der Waals surface area contributed by atoms with Crippen molar-refractivity contribution in [3.05, 3.63) is 35.4 Å². The Bertz CT molecular complexity index is 861. The average molecular weight is 490 g/mol. The van der Waals surface area contributed by atoms with Crippen LogP contribution in [0.15, 0.2) is 24.3 Å². The van der Waals surface area contributed by atoms with E-state index in [0.29, 0.717) is 6.42 Å². The number of benzene rings is 1. The number of nitrogens with zero attached hydrogens (tertiary/aromatic N) is 1. The molecular weight excluding hydrogens is 446 g/mol. The van der Waals surface area contributed by atoms with Gasteiger partial charge in [-0.15, -0.1) is 0 Å². The summed E-state index contributed by atoms with van der Waals surface area (Å²) in [5, 5.41) is 15.7. The summed E-state index contributed by atoms with van der Waals surface area (Å²) in [4.78, 5) is 41.5. The van der Waals surface area contributed by atoms with Gasteiger partial charge in [-0.05, 0) is 65.0 Å². The van der Waals surface area contributed by atoms with Gasteiger partial charge in [-0.2, -0.15) is 0 Å². The van der Waals surface area contributed by atoms with E-state index in [1.54, 1.807) is 20.8 Å². The van der Waals surface area contributed by atoms with Crippen LogP contribution in [-0.4, -0.2) is 58.2 Å². The predicted molar refractivity (Wildman–Crippen MR) is 136 cm³/mol. The van der Waals surface area contributed by atoms with Gasteiger partial charge in [-0.25, -0.2) is 4.79 Å². The highest BCUT2D eigenvalue weighted by atomic mass is 16.6. The summed E-state index contributed by atoms with van der Waals surface area (Å²) >= 11 is 0. The van der Waals surface area contributed by atoms with Crippen molar-refractivity contribution in [3.63, 3.8) is 0 Å². The molecule has 196 valence electrons. The van der Waals surface area contributed by atoms with Gasteiger partial charge in [0.15, 0.2) is 0 Å². The Morgan fingerprint density at radius 1 is 1.14 bits per heavy atom. The molecule has 8 nitrogen and oxygen atoms in total. The van der Waals surface area contributed by atoms with E-state index in [0.717, 1.165) is 36.8 Å². The van der Waals surface area contributed by atoms with E-state index in [1.807, 2.05) is 45.0 Å². The Morgan fingerprint density at radius 3 is 2.31 bits per heavy atom. The molecule has 3 unspecified atom stereocenters. The molecule has 1 aromatic rings. The summed E-state index contributed by atoms with van der Waals surface area (Å²) in [6, 6.07) is 5.14. The third-order valence-electron chi connectivity index (χ3n) is 6.45. The highest BCUT2D eigenvalue weighted by Crippen LogP contribution is 2.29. The van der Waals surface area contributed by atoms with Gasteiger partial charge in [0.2, 0.25) is 11.8 Å². The fourth-order valence-corrected chi connectivity index (χ4v) is 4.45. The normalized spacial score (nSPS) is 17.1. The molecule has 0 saturated heterocycles. The van der Waals surface area contributed by atoms with Gasteiger partial charge in [0.05, 0.1) is 6.61 Å². The van der Waals surface area contributed by atoms with E-state index < -0.39 is 36.3 Å². The number of nitrogens with one attached hydrogen (secondary N) is 2. The third-order valence-corrected chi connectivity index (χ3v) is 6.45. The van der Waals surface area contributed by atoms with Crippen molar-refractivity contribution in [2.45, 2.75) is 110 Å². The number of aryl methyl sites for hydroxylation is 1. The zero-order valence-corrected chi connectivity index (χ0v) is 22.1. The first-order chi connectivity index (χ1) is 16.5. The van der Waals surface area contributed by atoms with Gasteiger partial charge in [-0.1, -0.05) is 50.5 Å². The lowest BCUT2D eigenvalue weighted by Gasteiger charge is -2.39. The lowest BCUT2D eigenvalue weighted by molar-refractivity contribution is -0.146. The van der Waals surface area contributed by atoms with Crippen LogP contribution in [0.4, 0.5) is 4.79 Å². The van der Waals surface area contributed by atoms with E-state index in [-0.39, 0.29) is 18.0 Å². The summed E-state index contributed by atoms with van der Waals surface area (Å²) in [5.41, 5.74) is 0.856. The molecule has 35 heavy (non-hydrogen) atoms. The maximum Gasteiger partial charge on any atom is 0.408 e. The van der Waals surface area contributed by atoms with Crippen LogP contribution in [0.1, 0.15) is 90.3 Å². The van der Waals surface area contributed by atoms with Gasteiger partial charge in [0, 0.05) is 12.1 Å². The summed E-state index contributed by atoms with van der Waals surface area (Å²) in [7, 11) is 0. The summed E-state index contributed by atoms with van der Waals surface area (Å²) in [6.07, 6.45) is 4.94. The molecule has 3 atom stereocenters. The number of aliphatic hydroxyl groups excluding tert-OH is 1. The molecule has 0 aromatic heterocycles. The zero-order chi connectivity index (χ0) is 26.2. The Kier molecular flexibility index (Phi) is 10.6. The monoisotopic (exact) mass is 489 g/mol. The molecule has 0 spiro atoms. The Balaban J connectivity index is 2.43. The van der Waals surface area contributed by atoms with Gasteiger partial charge >= 0.3 is 6.09 Å². The van der Waals surface area contributed by atoms with Crippen molar-refractivity contribution in [2.24, 2.45) is 0 Å². The van der Waals surface area contributed by atoms with Gasteiger partial charge in [-0.3, -0.25) is 9.59 Å². The summed E-state index contributed by atoms with van der Waals surface area (Å²) in [5.74, 6) is -0.770. The number of aliphatic hydroxyl groups is 1. The Labute approximate surface area is 209 Å². The first-order valence-corrected chi connectivity index (χ1v) is 12.8. The summed E-state index contributed by atoms with van der Waals surface area (Å²) in [6.45, 7) is 10.3.